The Kier molecular flexibility index (Phi) is 7.87. The normalized spacial score (nSPS) is 12.5. The second kappa shape index (κ2) is 10.4. The number of rotatable bonds is 7. The number of methoxy groups -OCH3 is 1. The lowest BCUT2D eigenvalue weighted by Gasteiger charge is -2.24. The molecule has 0 aromatic heterocycles. The standard InChI is InChI=1S/C28H34NO2P/c1-19-12-11-15-24(21(3)29-23-13-9-8-10-14-23)27(19)32-25-17-22(28(4,5)6)16-20(2)26(25)31-18-30-7/h8-17,32H,18H2,1-7H3/b29-21+. The van der Waals surface area contributed by atoms with Gasteiger partial charge in [0.2, 0.25) is 0 Å². The van der Waals surface area contributed by atoms with Gasteiger partial charge >= 0.3 is 0 Å². The van der Waals surface area contributed by atoms with Crippen molar-refractivity contribution >= 4 is 30.6 Å². The SMILES string of the molecule is COCOc1c(C)cc(C(C)(C)C)cc1Pc1c(C)cccc1/C(C)=N/c1ccccc1. The first-order valence-electron chi connectivity index (χ1n) is 10.9. The maximum atomic E-state index is 6.05. The molecule has 0 spiro atoms. The molecule has 0 amide bonds. The Morgan fingerprint density at radius 1 is 0.938 bits per heavy atom. The number of aryl methyl sites for hydroxylation is 2. The van der Waals surface area contributed by atoms with Crippen molar-refractivity contribution in [3.63, 3.8) is 0 Å². The van der Waals surface area contributed by atoms with Crippen LogP contribution in [0.4, 0.5) is 5.69 Å². The highest BCUT2D eigenvalue weighted by Gasteiger charge is 2.20. The summed E-state index contributed by atoms with van der Waals surface area (Å²) < 4.78 is 11.3. The Balaban J connectivity index is 2.10. The first-order chi connectivity index (χ1) is 15.2. The Labute approximate surface area is 194 Å². The highest BCUT2D eigenvalue weighted by atomic mass is 31.1. The lowest BCUT2D eigenvalue weighted by atomic mass is 9.86. The summed E-state index contributed by atoms with van der Waals surface area (Å²) in [5, 5.41) is 2.51. The summed E-state index contributed by atoms with van der Waals surface area (Å²) in [5.74, 6) is 0.921. The average molecular weight is 448 g/mol. The number of nitrogens with zero attached hydrogens (tertiary/aromatic N) is 1. The van der Waals surface area contributed by atoms with Gasteiger partial charge < -0.3 is 9.47 Å². The molecule has 0 aliphatic heterocycles. The number of benzene rings is 3. The molecule has 32 heavy (non-hydrogen) atoms. The molecule has 0 N–H and O–H groups in total. The van der Waals surface area contributed by atoms with Crippen LogP contribution in [0.5, 0.6) is 5.75 Å². The van der Waals surface area contributed by atoms with E-state index in [0.717, 1.165) is 22.7 Å². The lowest BCUT2D eigenvalue weighted by Crippen LogP contribution is -2.20. The summed E-state index contributed by atoms with van der Waals surface area (Å²) in [6, 6.07) is 21.1. The maximum Gasteiger partial charge on any atom is 0.188 e. The van der Waals surface area contributed by atoms with Crippen molar-refractivity contribution in [2.24, 2.45) is 4.99 Å². The largest absolute Gasteiger partial charge is 0.467 e. The highest BCUT2D eigenvalue weighted by molar-refractivity contribution is 7.56. The third-order valence-corrected chi connectivity index (χ3v) is 6.99. The molecule has 3 aromatic carbocycles. The van der Waals surface area contributed by atoms with Crippen molar-refractivity contribution in [3.8, 4) is 5.75 Å². The number of hydrogen-bond acceptors (Lipinski definition) is 3. The van der Waals surface area contributed by atoms with Crippen LogP contribution in [0.1, 0.15) is 49.9 Å². The zero-order chi connectivity index (χ0) is 23.3. The average Bonchev–Trinajstić information content (AvgIpc) is 2.74. The molecule has 3 aromatic rings. The fourth-order valence-electron chi connectivity index (χ4n) is 3.64. The van der Waals surface area contributed by atoms with Crippen LogP contribution in [0.25, 0.3) is 0 Å². The van der Waals surface area contributed by atoms with E-state index in [1.807, 2.05) is 30.3 Å². The second-order valence-corrected chi connectivity index (χ2v) is 10.4. The lowest BCUT2D eigenvalue weighted by molar-refractivity contribution is 0.0514. The third-order valence-electron chi connectivity index (χ3n) is 5.44. The van der Waals surface area contributed by atoms with Crippen molar-refractivity contribution in [1.29, 1.82) is 0 Å². The van der Waals surface area contributed by atoms with Gasteiger partial charge in [0, 0.05) is 23.7 Å². The number of para-hydroxylation sites is 1. The Morgan fingerprint density at radius 2 is 1.66 bits per heavy atom. The first-order valence-corrected chi connectivity index (χ1v) is 11.9. The van der Waals surface area contributed by atoms with Crippen molar-refractivity contribution < 1.29 is 9.47 Å². The minimum Gasteiger partial charge on any atom is -0.467 e. The Hall–Kier alpha value is -2.48. The summed E-state index contributed by atoms with van der Waals surface area (Å²) >= 11 is 0. The maximum absolute atomic E-state index is 6.05. The molecule has 0 aliphatic rings. The molecule has 3 nitrogen and oxygen atoms in total. The number of ether oxygens (including phenoxy) is 2. The van der Waals surface area contributed by atoms with E-state index in [1.165, 1.54) is 27.3 Å². The molecule has 0 saturated carbocycles. The van der Waals surface area contributed by atoms with E-state index in [4.69, 9.17) is 14.5 Å². The van der Waals surface area contributed by atoms with Crippen LogP contribution in [-0.2, 0) is 10.2 Å². The molecule has 0 bridgehead atoms. The molecule has 4 heteroatoms. The predicted molar refractivity (Wildman–Crippen MR) is 139 cm³/mol. The molecule has 0 radical (unpaired) electrons. The van der Waals surface area contributed by atoms with Gasteiger partial charge in [-0.05, 0) is 66.4 Å². The van der Waals surface area contributed by atoms with Crippen LogP contribution < -0.4 is 15.3 Å². The molecule has 1 atom stereocenters. The Morgan fingerprint density at radius 3 is 2.31 bits per heavy atom. The van der Waals surface area contributed by atoms with Crippen molar-refractivity contribution in [2.45, 2.75) is 47.0 Å². The van der Waals surface area contributed by atoms with Gasteiger partial charge in [-0.1, -0.05) is 71.8 Å². The highest BCUT2D eigenvalue weighted by Crippen LogP contribution is 2.31. The van der Waals surface area contributed by atoms with Gasteiger partial charge in [0.15, 0.2) is 6.79 Å². The summed E-state index contributed by atoms with van der Waals surface area (Å²) in [6.45, 7) is 13.4. The molecule has 0 saturated heterocycles. The first kappa shape index (κ1) is 24.2. The molecule has 3 rings (SSSR count). The van der Waals surface area contributed by atoms with Gasteiger partial charge in [0.25, 0.3) is 0 Å². The third kappa shape index (κ3) is 5.85. The van der Waals surface area contributed by atoms with Gasteiger partial charge in [-0.25, -0.2) is 0 Å². The smallest absolute Gasteiger partial charge is 0.188 e. The van der Waals surface area contributed by atoms with E-state index in [1.54, 1.807) is 7.11 Å². The van der Waals surface area contributed by atoms with E-state index in [9.17, 15) is 0 Å². The molecule has 0 aliphatic carbocycles. The monoisotopic (exact) mass is 447 g/mol. The fourth-order valence-corrected chi connectivity index (χ4v) is 5.19. The van der Waals surface area contributed by atoms with Gasteiger partial charge in [0.1, 0.15) is 5.75 Å². The van der Waals surface area contributed by atoms with Gasteiger partial charge in [-0.3, -0.25) is 4.99 Å². The quantitative estimate of drug-likeness (QED) is 0.240. The van der Waals surface area contributed by atoms with Gasteiger partial charge in [-0.2, -0.15) is 0 Å². The van der Waals surface area contributed by atoms with Crippen molar-refractivity contribution in [2.75, 3.05) is 13.9 Å². The zero-order valence-corrected chi connectivity index (χ0v) is 21.2. The fraction of sp³-hybridized carbons (Fsp3) is 0.321. The molecular weight excluding hydrogens is 413 g/mol. The second-order valence-electron chi connectivity index (χ2n) is 9.13. The summed E-state index contributed by atoms with van der Waals surface area (Å²) in [4.78, 5) is 4.89. The number of aliphatic imine (C=N–C) groups is 1. The minimum absolute atomic E-state index is 0.0586. The van der Waals surface area contributed by atoms with E-state index in [0.29, 0.717) is 8.58 Å². The minimum atomic E-state index is 0.0586. The van der Waals surface area contributed by atoms with Crippen LogP contribution in [0.3, 0.4) is 0 Å². The summed E-state index contributed by atoms with van der Waals surface area (Å²) in [6.07, 6.45) is 0. The number of hydrogen-bond donors (Lipinski definition) is 0. The summed E-state index contributed by atoms with van der Waals surface area (Å²) in [5.41, 5.74) is 6.95. The molecule has 0 fully saturated rings. The van der Waals surface area contributed by atoms with Crippen LogP contribution in [0.2, 0.25) is 0 Å². The molecular formula is C28H34NO2P. The Bertz CT molecular complexity index is 1100. The van der Waals surface area contributed by atoms with E-state index in [2.05, 4.69) is 71.9 Å². The van der Waals surface area contributed by atoms with Crippen LogP contribution in [0, 0.1) is 13.8 Å². The predicted octanol–water partition coefficient (Wildman–Crippen LogP) is 6.35. The van der Waals surface area contributed by atoms with Crippen LogP contribution in [0.15, 0.2) is 65.7 Å². The van der Waals surface area contributed by atoms with Crippen LogP contribution >= 0.6 is 8.58 Å². The summed E-state index contributed by atoms with van der Waals surface area (Å²) in [7, 11) is 2.10. The van der Waals surface area contributed by atoms with E-state index >= 15 is 0 Å². The molecule has 1 unspecified atom stereocenters. The van der Waals surface area contributed by atoms with E-state index in [-0.39, 0.29) is 12.2 Å². The zero-order valence-electron chi connectivity index (χ0n) is 20.2. The van der Waals surface area contributed by atoms with Gasteiger partial charge in [-0.15, -0.1) is 0 Å². The van der Waals surface area contributed by atoms with E-state index < -0.39 is 0 Å². The van der Waals surface area contributed by atoms with Crippen molar-refractivity contribution in [1.82, 2.24) is 0 Å². The molecule has 168 valence electrons. The van der Waals surface area contributed by atoms with Crippen molar-refractivity contribution in [3.05, 3.63) is 82.9 Å². The van der Waals surface area contributed by atoms with Gasteiger partial charge in [0.05, 0.1) is 5.69 Å². The molecule has 0 heterocycles. The van der Waals surface area contributed by atoms with Crippen LogP contribution in [-0.4, -0.2) is 19.6 Å². The topological polar surface area (TPSA) is 30.8 Å².